The van der Waals surface area contributed by atoms with Crippen LogP contribution in [0.25, 0.3) is 0 Å². The second kappa shape index (κ2) is 6.17. The van der Waals surface area contributed by atoms with Crippen molar-refractivity contribution in [1.29, 1.82) is 0 Å². The van der Waals surface area contributed by atoms with E-state index in [2.05, 4.69) is 25.7 Å². The number of hydrazone groups is 1. The molecule has 0 radical (unpaired) electrons. The molecule has 0 atom stereocenters. The van der Waals surface area contributed by atoms with E-state index in [1.54, 1.807) is 6.92 Å². The van der Waals surface area contributed by atoms with E-state index < -0.39 is 0 Å². The van der Waals surface area contributed by atoms with Gasteiger partial charge in [0.25, 0.3) is 5.56 Å². The molecule has 0 saturated heterocycles. The number of rotatable bonds is 4. The number of aromatic nitrogens is 3. The van der Waals surface area contributed by atoms with Crippen LogP contribution in [0.1, 0.15) is 18.2 Å². The summed E-state index contributed by atoms with van der Waals surface area (Å²) in [6, 6.07) is 8.00. The minimum Gasteiger partial charge on any atom is -0.378 e. The summed E-state index contributed by atoms with van der Waals surface area (Å²) >= 11 is 0. The molecule has 0 spiro atoms. The van der Waals surface area contributed by atoms with E-state index in [1.165, 1.54) is 0 Å². The Morgan fingerprint density at radius 3 is 2.48 bits per heavy atom. The van der Waals surface area contributed by atoms with Gasteiger partial charge in [-0.05, 0) is 31.5 Å². The first-order chi connectivity index (χ1) is 9.97. The molecule has 1 aromatic carbocycles. The van der Waals surface area contributed by atoms with E-state index in [1.807, 2.05) is 50.2 Å². The van der Waals surface area contributed by atoms with Gasteiger partial charge in [0.15, 0.2) is 0 Å². The van der Waals surface area contributed by atoms with Crippen LogP contribution in [0.15, 0.2) is 34.2 Å². The molecule has 2 rings (SSSR count). The maximum absolute atomic E-state index is 11.4. The van der Waals surface area contributed by atoms with Crippen molar-refractivity contribution in [3.05, 3.63) is 45.9 Å². The zero-order valence-electron chi connectivity index (χ0n) is 12.5. The van der Waals surface area contributed by atoms with Crippen LogP contribution in [-0.2, 0) is 0 Å². The highest BCUT2D eigenvalue weighted by atomic mass is 16.1. The summed E-state index contributed by atoms with van der Waals surface area (Å²) in [6.07, 6.45) is 0. The molecule has 2 aromatic rings. The van der Waals surface area contributed by atoms with Crippen molar-refractivity contribution in [2.75, 3.05) is 24.4 Å². The molecule has 7 heteroatoms. The zero-order valence-corrected chi connectivity index (χ0v) is 12.5. The molecule has 0 unspecified atom stereocenters. The van der Waals surface area contributed by atoms with Crippen molar-refractivity contribution in [3.63, 3.8) is 0 Å². The van der Waals surface area contributed by atoms with Crippen LogP contribution in [0.4, 0.5) is 11.6 Å². The third-order valence-electron chi connectivity index (χ3n) is 2.99. The van der Waals surface area contributed by atoms with Gasteiger partial charge in [0, 0.05) is 19.8 Å². The summed E-state index contributed by atoms with van der Waals surface area (Å²) in [5.41, 5.74) is 5.62. The fourth-order valence-electron chi connectivity index (χ4n) is 1.65. The Hall–Kier alpha value is -2.70. The van der Waals surface area contributed by atoms with Gasteiger partial charge >= 0.3 is 0 Å². The Morgan fingerprint density at radius 2 is 1.90 bits per heavy atom. The lowest BCUT2D eigenvalue weighted by molar-refractivity contribution is 0.897. The number of benzene rings is 1. The number of aryl methyl sites for hydroxylation is 1. The smallest absolute Gasteiger partial charge is 0.274 e. The number of hydrogen-bond acceptors (Lipinski definition) is 6. The first kappa shape index (κ1) is 14.7. The highest BCUT2D eigenvalue weighted by Gasteiger charge is 2.01. The maximum atomic E-state index is 11.4. The zero-order chi connectivity index (χ0) is 15.4. The molecule has 7 nitrogen and oxygen atoms in total. The van der Waals surface area contributed by atoms with Crippen LogP contribution in [0.3, 0.4) is 0 Å². The summed E-state index contributed by atoms with van der Waals surface area (Å²) in [4.78, 5) is 16.0. The normalized spacial score (nSPS) is 11.3. The third kappa shape index (κ3) is 3.65. The number of aromatic amines is 1. The van der Waals surface area contributed by atoms with E-state index >= 15 is 0 Å². The standard InChI is InChI=1S/C14H18N6O/c1-9(11-5-7-12(8-6-11)20(3)4)16-18-14-15-13(21)10(2)17-19-14/h5-8H,1-4H3,(H2,15,18,19,21)/b16-9-. The molecule has 0 amide bonds. The predicted octanol–water partition coefficient (Wildman–Crippen LogP) is 1.38. The first-order valence-electron chi connectivity index (χ1n) is 6.49. The van der Waals surface area contributed by atoms with Gasteiger partial charge in [-0.2, -0.15) is 5.10 Å². The van der Waals surface area contributed by atoms with Crippen molar-refractivity contribution in [1.82, 2.24) is 15.2 Å². The molecule has 0 aliphatic heterocycles. The average Bonchev–Trinajstić information content (AvgIpc) is 2.48. The topological polar surface area (TPSA) is 86.3 Å². The van der Waals surface area contributed by atoms with Crippen LogP contribution in [0, 0.1) is 6.92 Å². The molecule has 0 aliphatic carbocycles. The van der Waals surface area contributed by atoms with E-state index in [-0.39, 0.29) is 11.5 Å². The molecule has 0 fully saturated rings. The molecule has 1 heterocycles. The lowest BCUT2D eigenvalue weighted by atomic mass is 10.1. The number of nitrogens with one attached hydrogen (secondary N) is 2. The van der Waals surface area contributed by atoms with Gasteiger partial charge in [0.05, 0.1) is 5.71 Å². The minimum atomic E-state index is -0.282. The third-order valence-corrected chi connectivity index (χ3v) is 2.99. The van der Waals surface area contributed by atoms with Gasteiger partial charge in [-0.1, -0.05) is 12.1 Å². The molecule has 0 saturated carbocycles. The summed E-state index contributed by atoms with van der Waals surface area (Å²) in [7, 11) is 3.98. The van der Waals surface area contributed by atoms with E-state index in [0.29, 0.717) is 5.69 Å². The lowest BCUT2D eigenvalue weighted by Crippen LogP contribution is -2.16. The Morgan fingerprint density at radius 1 is 1.24 bits per heavy atom. The SMILES string of the molecule is C/C(=N/Nc1nnc(C)c(=O)[nH]1)c1ccc(N(C)C)cc1. The van der Waals surface area contributed by atoms with Crippen LogP contribution < -0.4 is 15.9 Å². The monoisotopic (exact) mass is 286 g/mol. The summed E-state index contributed by atoms with van der Waals surface area (Å²) < 4.78 is 0. The van der Waals surface area contributed by atoms with E-state index in [4.69, 9.17) is 0 Å². The Balaban J connectivity index is 2.13. The maximum Gasteiger partial charge on any atom is 0.274 e. The van der Waals surface area contributed by atoms with Gasteiger partial charge in [0.1, 0.15) is 5.69 Å². The average molecular weight is 286 g/mol. The summed E-state index contributed by atoms with van der Waals surface area (Å²) in [6.45, 7) is 3.47. The highest BCUT2D eigenvalue weighted by Crippen LogP contribution is 2.12. The van der Waals surface area contributed by atoms with E-state index in [9.17, 15) is 4.79 Å². The second-order valence-electron chi connectivity index (χ2n) is 4.84. The van der Waals surface area contributed by atoms with Crippen LogP contribution >= 0.6 is 0 Å². The molecule has 1 aromatic heterocycles. The summed E-state index contributed by atoms with van der Waals surface area (Å²) in [5.74, 6) is 0.217. The quantitative estimate of drug-likeness (QED) is 0.655. The molecule has 2 N–H and O–H groups in total. The Kier molecular flexibility index (Phi) is 4.32. The van der Waals surface area contributed by atoms with Gasteiger partial charge in [-0.15, -0.1) is 10.2 Å². The fraction of sp³-hybridized carbons (Fsp3) is 0.286. The van der Waals surface area contributed by atoms with Crippen molar-refractivity contribution in [2.45, 2.75) is 13.8 Å². The largest absolute Gasteiger partial charge is 0.378 e. The van der Waals surface area contributed by atoms with Crippen molar-refractivity contribution in [3.8, 4) is 0 Å². The van der Waals surface area contributed by atoms with Crippen LogP contribution in [0.2, 0.25) is 0 Å². The Labute approximate surface area is 122 Å². The van der Waals surface area contributed by atoms with E-state index in [0.717, 1.165) is 17.0 Å². The number of H-pyrrole nitrogens is 1. The van der Waals surface area contributed by atoms with Crippen LogP contribution in [-0.4, -0.2) is 35.0 Å². The van der Waals surface area contributed by atoms with Crippen molar-refractivity contribution < 1.29 is 0 Å². The number of hydrogen-bond donors (Lipinski definition) is 2. The molecular formula is C14H18N6O. The Bertz CT molecular complexity index is 702. The molecule has 21 heavy (non-hydrogen) atoms. The highest BCUT2D eigenvalue weighted by molar-refractivity contribution is 5.99. The van der Waals surface area contributed by atoms with Gasteiger partial charge in [-0.3, -0.25) is 9.78 Å². The van der Waals surface area contributed by atoms with Gasteiger partial charge in [-0.25, -0.2) is 5.43 Å². The van der Waals surface area contributed by atoms with Crippen molar-refractivity contribution in [2.24, 2.45) is 5.10 Å². The fourth-order valence-corrected chi connectivity index (χ4v) is 1.65. The van der Waals surface area contributed by atoms with Gasteiger partial charge in [0.2, 0.25) is 5.95 Å². The minimum absolute atomic E-state index is 0.217. The molecule has 0 bridgehead atoms. The van der Waals surface area contributed by atoms with Crippen LogP contribution in [0.5, 0.6) is 0 Å². The predicted molar refractivity (Wildman–Crippen MR) is 84.0 cm³/mol. The first-order valence-corrected chi connectivity index (χ1v) is 6.49. The molecule has 0 aliphatic rings. The lowest BCUT2D eigenvalue weighted by Gasteiger charge is -2.12. The van der Waals surface area contributed by atoms with Crippen molar-refractivity contribution >= 4 is 17.3 Å². The number of nitrogens with zero attached hydrogens (tertiary/aromatic N) is 4. The second-order valence-corrected chi connectivity index (χ2v) is 4.84. The molecular weight excluding hydrogens is 268 g/mol. The summed E-state index contributed by atoms with van der Waals surface area (Å²) in [5, 5.41) is 11.7. The number of anilines is 2. The molecule has 110 valence electrons. The van der Waals surface area contributed by atoms with Gasteiger partial charge < -0.3 is 4.90 Å².